The smallest absolute Gasteiger partial charge is 0.229 e. The Kier molecular flexibility index (Phi) is 4.40. The summed E-state index contributed by atoms with van der Waals surface area (Å²) in [6, 6.07) is 9.53. The van der Waals surface area contributed by atoms with Crippen molar-refractivity contribution in [3.63, 3.8) is 0 Å². The molecule has 0 unspecified atom stereocenters. The van der Waals surface area contributed by atoms with Gasteiger partial charge in [-0.25, -0.2) is 4.98 Å². The number of hydrogen-bond acceptors (Lipinski definition) is 5. The van der Waals surface area contributed by atoms with Crippen LogP contribution in [0.25, 0.3) is 0 Å². The van der Waals surface area contributed by atoms with E-state index in [2.05, 4.69) is 34.0 Å². The van der Waals surface area contributed by atoms with E-state index in [1.807, 2.05) is 37.3 Å². The van der Waals surface area contributed by atoms with Crippen molar-refractivity contribution in [3.05, 3.63) is 36.0 Å². The molecule has 0 aliphatic rings. The molecule has 5 heteroatoms. The minimum absolute atomic E-state index is 0.608. The lowest BCUT2D eigenvalue weighted by Gasteiger charge is -2.20. The lowest BCUT2D eigenvalue weighted by Crippen LogP contribution is -2.23. The molecule has 2 aromatic rings. The van der Waals surface area contributed by atoms with Crippen LogP contribution in [0.5, 0.6) is 0 Å². The molecule has 1 aromatic carbocycles. The normalized spacial score (nSPS) is 10.3. The molecule has 106 valence electrons. The van der Waals surface area contributed by atoms with Gasteiger partial charge in [0.15, 0.2) is 0 Å². The van der Waals surface area contributed by atoms with Crippen LogP contribution in [-0.2, 0) is 0 Å². The van der Waals surface area contributed by atoms with Gasteiger partial charge in [0.2, 0.25) is 5.95 Å². The minimum atomic E-state index is 0.608. The number of aromatic nitrogens is 2. The molecule has 1 aromatic heterocycles. The highest BCUT2D eigenvalue weighted by Crippen LogP contribution is 2.19. The van der Waals surface area contributed by atoms with Gasteiger partial charge in [-0.15, -0.1) is 0 Å². The molecule has 0 radical (unpaired) electrons. The Morgan fingerprint density at radius 3 is 2.35 bits per heavy atom. The van der Waals surface area contributed by atoms with Gasteiger partial charge in [0.05, 0.1) is 0 Å². The van der Waals surface area contributed by atoms with Crippen molar-refractivity contribution < 1.29 is 0 Å². The van der Waals surface area contributed by atoms with Crippen LogP contribution < -0.4 is 16.0 Å². The molecule has 0 atom stereocenters. The van der Waals surface area contributed by atoms with Gasteiger partial charge < -0.3 is 16.0 Å². The third kappa shape index (κ3) is 3.38. The van der Waals surface area contributed by atoms with E-state index in [4.69, 9.17) is 5.73 Å². The third-order valence-electron chi connectivity index (χ3n) is 3.09. The topological polar surface area (TPSA) is 67.1 Å². The maximum Gasteiger partial charge on any atom is 0.229 e. The predicted molar refractivity (Wildman–Crippen MR) is 84.5 cm³/mol. The molecule has 0 aliphatic heterocycles. The molecule has 20 heavy (non-hydrogen) atoms. The van der Waals surface area contributed by atoms with E-state index in [1.54, 1.807) is 0 Å². The molecule has 3 N–H and O–H groups in total. The molecular formula is C15H21N5. The van der Waals surface area contributed by atoms with Crippen molar-refractivity contribution in [3.8, 4) is 0 Å². The van der Waals surface area contributed by atoms with Gasteiger partial charge in [0.25, 0.3) is 0 Å². The van der Waals surface area contributed by atoms with Gasteiger partial charge in [0, 0.05) is 36.2 Å². The predicted octanol–water partition coefficient (Wildman–Crippen LogP) is 2.96. The van der Waals surface area contributed by atoms with Crippen LogP contribution in [-0.4, -0.2) is 23.1 Å². The lowest BCUT2D eigenvalue weighted by atomic mass is 10.3. The van der Waals surface area contributed by atoms with Crippen LogP contribution in [0.15, 0.2) is 30.3 Å². The quantitative estimate of drug-likeness (QED) is 0.818. The first-order chi connectivity index (χ1) is 9.62. The second-order valence-corrected chi connectivity index (χ2v) is 4.61. The molecule has 0 saturated heterocycles. The Morgan fingerprint density at radius 1 is 1.10 bits per heavy atom. The zero-order chi connectivity index (χ0) is 14.5. The SMILES string of the molecule is CCN(CC)c1cc(C)nc(Nc2ccc(N)cc2)n1. The lowest BCUT2D eigenvalue weighted by molar-refractivity contribution is 0.840. The first-order valence-corrected chi connectivity index (χ1v) is 6.85. The molecule has 2 rings (SSSR count). The van der Waals surface area contributed by atoms with Crippen molar-refractivity contribution in [2.45, 2.75) is 20.8 Å². The standard InChI is InChI=1S/C15H21N5/c1-4-20(5-2)14-10-11(3)17-15(19-14)18-13-8-6-12(16)7-9-13/h6-10H,4-5,16H2,1-3H3,(H,17,18,19). The zero-order valence-electron chi connectivity index (χ0n) is 12.2. The summed E-state index contributed by atoms with van der Waals surface area (Å²) in [6.07, 6.45) is 0. The maximum atomic E-state index is 5.68. The first kappa shape index (κ1) is 14.1. The van der Waals surface area contributed by atoms with Gasteiger partial charge in [-0.1, -0.05) is 0 Å². The first-order valence-electron chi connectivity index (χ1n) is 6.85. The van der Waals surface area contributed by atoms with Gasteiger partial charge >= 0.3 is 0 Å². The fourth-order valence-electron chi connectivity index (χ4n) is 2.01. The number of anilines is 4. The molecule has 0 bridgehead atoms. The molecular weight excluding hydrogens is 250 g/mol. The average molecular weight is 271 g/mol. The van der Waals surface area contributed by atoms with E-state index in [0.29, 0.717) is 5.95 Å². The summed E-state index contributed by atoms with van der Waals surface area (Å²) in [5.41, 5.74) is 8.29. The monoisotopic (exact) mass is 271 g/mol. The molecule has 0 aliphatic carbocycles. The van der Waals surface area contributed by atoms with Crippen LogP contribution in [0.1, 0.15) is 19.5 Å². The minimum Gasteiger partial charge on any atom is -0.399 e. The van der Waals surface area contributed by atoms with E-state index < -0.39 is 0 Å². The van der Waals surface area contributed by atoms with Crippen LogP contribution in [0.4, 0.5) is 23.1 Å². The van der Waals surface area contributed by atoms with E-state index in [9.17, 15) is 0 Å². The zero-order valence-corrected chi connectivity index (χ0v) is 12.2. The number of hydrogen-bond donors (Lipinski definition) is 2. The number of rotatable bonds is 5. The van der Waals surface area contributed by atoms with Crippen molar-refractivity contribution >= 4 is 23.1 Å². The number of aryl methyl sites for hydroxylation is 1. The molecule has 0 amide bonds. The fourth-order valence-corrected chi connectivity index (χ4v) is 2.01. The van der Waals surface area contributed by atoms with Crippen LogP contribution >= 0.6 is 0 Å². The summed E-state index contributed by atoms with van der Waals surface area (Å²) in [5, 5.41) is 3.21. The summed E-state index contributed by atoms with van der Waals surface area (Å²) in [7, 11) is 0. The Balaban J connectivity index is 2.25. The van der Waals surface area contributed by atoms with Crippen LogP contribution in [0, 0.1) is 6.92 Å². The highest BCUT2D eigenvalue weighted by Gasteiger charge is 2.07. The van der Waals surface area contributed by atoms with Gasteiger partial charge in [0.1, 0.15) is 5.82 Å². The maximum absolute atomic E-state index is 5.68. The van der Waals surface area contributed by atoms with Gasteiger partial charge in [-0.2, -0.15) is 4.98 Å². The fraction of sp³-hybridized carbons (Fsp3) is 0.333. The Bertz CT molecular complexity index is 561. The summed E-state index contributed by atoms with van der Waals surface area (Å²) < 4.78 is 0. The van der Waals surface area contributed by atoms with E-state index in [1.165, 1.54) is 0 Å². The second-order valence-electron chi connectivity index (χ2n) is 4.61. The van der Waals surface area contributed by atoms with Crippen molar-refractivity contribution in [1.29, 1.82) is 0 Å². The summed E-state index contributed by atoms with van der Waals surface area (Å²) in [5.74, 6) is 1.55. The van der Waals surface area contributed by atoms with Gasteiger partial charge in [-0.3, -0.25) is 0 Å². The molecule has 0 fully saturated rings. The number of benzene rings is 1. The molecule has 0 saturated carbocycles. The third-order valence-corrected chi connectivity index (χ3v) is 3.09. The van der Waals surface area contributed by atoms with Crippen LogP contribution in [0.3, 0.4) is 0 Å². The number of nitrogens with two attached hydrogens (primary N) is 1. The number of nitrogen functional groups attached to an aromatic ring is 1. The molecule has 5 nitrogen and oxygen atoms in total. The van der Waals surface area contributed by atoms with Crippen molar-refractivity contribution in [2.24, 2.45) is 0 Å². The molecule has 0 spiro atoms. The highest BCUT2D eigenvalue weighted by molar-refractivity contribution is 5.58. The number of nitrogens with one attached hydrogen (secondary N) is 1. The highest BCUT2D eigenvalue weighted by atomic mass is 15.2. The van der Waals surface area contributed by atoms with Crippen LogP contribution in [0.2, 0.25) is 0 Å². The second kappa shape index (κ2) is 6.23. The summed E-state index contributed by atoms with van der Waals surface area (Å²) in [6.45, 7) is 8.06. The average Bonchev–Trinajstić information content (AvgIpc) is 2.42. The Morgan fingerprint density at radius 2 is 1.75 bits per heavy atom. The molecule has 1 heterocycles. The largest absolute Gasteiger partial charge is 0.399 e. The summed E-state index contributed by atoms with van der Waals surface area (Å²) >= 11 is 0. The van der Waals surface area contributed by atoms with Crippen molar-refractivity contribution in [2.75, 3.05) is 29.0 Å². The van der Waals surface area contributed by atoms with E-state index >= 15 is 0 Å². The van der Waals surface area contributed by atoms with Crippen molar-refractivity contribution in [1.82, 2.24) is 9.97 Å². The Labute approximate surface area is 119 Å². The van der Waals surface area contributed by atoms with Gasteiger partial charge in [-0.05, 0) is 45.0 Å². The number of nitrogens with zero attached hydrogens (tertiary/aromatic N) is 3. The van der Waals surface area contributed by atoms with E-state index in [-0.39, 0.29) is 0 Å². The Hall–Kier alpha value is -2.30. The van der Waals surface area contributed by atoms with E-state index in [0.717, 1.165) is 36.0 Å². The summed E-state index contributed by atoms with van der Waals surface area (Å²) in [4.78, 5) is 11.2.